The van der Waals surface area contributed by atoms with Gasteiger partial charge in [-0.25, -0.2) is 4.79 Å². The van der Waals surface area contributed by atoms with Crippen molar-refractivity contribution in [3.63, 3.8) is 0 Å². The number of amides is 2. The Bertz CT molecular complexity index is 526. The predicted octanol–water partition coefficient (Wildman–Crippen LogP) is 4.91. The Labute approximate surface area is 190 Å². The van der Waals surface area contributed by atoms with Gasteiger partial charge in [-0.2, -0.15) is 0 Å². The summed E-state index contributed by atoms with van der Waals surface area (Å²) in [6.45, 7) is 15.1. The molecule has 0 aromatic heterocycles. The molecule has 182 valence electrons. The SMILES string of the molecule is CC1CCC2(C)CC(NC(=O)NCCCCCOCCOCCOC(C)C)(C1)CC2C. The molecule has 2 saturated carbocycles. The van der Waals surface area contributed by atoms with E-state index < -0.39 is 0 Å². The van der Waals surface area contributed by atoms with Gasteiger partial charge in [-0.1, -0.05) is 27.2 Å². The van der Waals surface area contributed by atoms with Gasteiger partial charge in [-0.3, -0.25) is 0 Å². The molecule has 2 aliphatic rings. The zero-order valence-corrected chi connectivity index (χ0v) is 20.8. The Morgan fingerprint density at radius 1 is 1.00 bits per heavy atom. The molecule has 31 heavy (non-hydrogen) atoms. The first kappa shape index (κ1) is 26.4. The molecule has 0 saturated heterocycles. The molecule has 0 aliphatic heterocycles. The summed E-state index contributed by atoms with van der Waals surface area (Å²) in [4.78, 5) is 12.6. The fourth-order valence-corrected chi connectivity index (χ4v) is 5.49. The number of urea groups is 1. The van der Waals surface area contributed by atoms with Crippen molar-refractivity contribution < 1.29 is 19.0 Å². The van der Waals surface area contributed by atoms with E-state index in [9.17, 15) is 4.79 Å². The number of hydrogen-bond donors (Lipinski definition) is 2. The first-order valence-corrected chi connectivity index (χ1v) is 12.6. The Kier molecular flexibility index (Phi) is 11.1. The molecule has 4 atom stereocenters. The number of rotatable bonds is 14. The molecule has 2 aliphatic carbocycles. The number of unbranched alkanes of at least 4 members (excludes halogenated alkanes) is 2. The summed E-state index contributed by atoms with van der Waals surface area (Å²) in [6, 6.07) is 0.0143. The zero-order chi connectivity index (χ0) is 22.7. The van der Waals surface area contributed by atoms with Crippen molar-refractivity contribution >= 4 is 6.03 Å². The van der Waals surface area contributed by atoms with E-state index >= 15 is 0 Å². The molecule has 4 unspecified atom stereocenters. The second-order valence-electron chi connectivity index (χ2n) is 10.7. The van der Waals surface area contributed by atoms with Crippen molar-refractivity contribution in [3.8, 4) is 0 Å². The van der Waals surface area contributed by atoms with Crippen molar-refractivity contribution in [3.05, 3.63) is 0 Å². The first-order chi connectivity index (χ1) is 14.7. The standard InChI is InChI=1S/C25H48N2O4/c1-20(2)31-16-15-30-14-13-29-12-8-6-7-11-26-23(28)27-25-17-21(3)9-10-24(5,19-25)22(4)18-25/h20-22H,6-19H2,1-5H3,(H2,26,27,28). The molecule has 6 heteroatoms. The highest BCUT2D eigenvalue weighted by Gasteiger charge is 2.52. The van der Waals surface area contributed by atoms with Gasteiger partial charge in [0.25, 0.3) is 0 Å². The van der Waals surface area contributed by atoms with Gasteiger partial charge >= 0.3 is 6.03 Å². The fraction of sp³-hybridized carbons (Fsp3) is 0.960. The Balaban J connectivity index is 1.48. The molecule has 0 aromatic rings. The Hall–Kier alpha value is -0.850. The van der Waals surface area contributed by atoms with Crippen molar-refractivity contribution in [1.29, 1.82) is 0 Å². The summed E-state index contributed by atoms with van der Waals surface area (Å²) in [6.07, 6.45) is 9.25. The van der Waals surface area contributed by atoms with E-state index in [1.165, 1.54) is 12.8 Å². The summed E-state index contributed by atoms with van der Waals surface area (Å²) in [7, 11) is 0. The third kappa shape index (κ3) is 9.27. The maximum Gasteiger partial charge on any atom is 0.315 e. The van der Waals surface area contributed by atoms with Crippen LogP contribution in [0, 0.1) is 17.3 Å². The van der Waals surface area contributed by atoms with Crippen LogP contribution < -0.4 is 10.6 Å². The number of hydrogen-bond acceptors (Lipinski definition) is 4. The number of fused-ring (bicyclic) bond motifs is 2. The number of carbonyl (C=O) groups excluding carboxylic acids is 1. The van der Waals surface area contributed by atoms with Crippen LogP contribution in [0.3, 0.4) is 0 Å². The lowest BCUT2D eigenvalue weighted by Crippen LogP contribution is -2.51. The maximum atomic E-state index is 12.6. The minimum Gasteiger partial charge on any atom is -0.379 e. The topological polar surface area (TPSA) is 68.8 Å². The number of ether oxygens (including phenoxy) is 3. The van der Waals surface area contributed by atoms with Crippen molar-refractivity contribution in [2.75, 3.05) is 39.6 Å². The smallest absolute Gasteiger partial charge is 0.315 e. The lowest BCUT2D eigenvalue weighted by molar-refractivity contribution is -0.00183. The molecule has 0 radical (unpaired) electrons. The molecule has 0 heterocycles. The van der Waals surface area contributed by atoms with Crippen molar-refractivity contribution in [2.45, 2.75) is 97.6 Å². The number of carbonyl (C=O) groups is 1. The molecule has 0 spiro atoms. The molecule has 2 bridgehead atoms. The average molecular weight is 441 g/mol. The van der Waals surface area contributed by atoms with Gasteiger partial charge in [0.2, 0.25) is 0 Å². The van der Waals surface area contributed by atoms with Crippen molar-refractivity contribution in [2.24, 2.45) is 17.3 Å². The van der Waals surface area contributed by atoms with Crippen LogP contribution in [0.15, 0.2) is 0 Å². The highest BCUT2D eigenvalue weighted by Crippen LogP contribution is 2.56. The quantitative estimate of drug-likeness (QED) is 0.377. The van der Waals surface area contributed by atoms with Crippen LogP contribution in [-0.2, 0) is 14.2 Å². The molecule has 2 rings (SSSR count). The third-order valence-corrected chi connectivity index (χ3v) is 7.26. The van der Waals surface area contributed by atoms with Crippen molar-refractivity contribution in [1.82, 2.24) is 10.6 Å². The van der Waals surface area contributed by atoms with Gasteiger partial charge in [0, 0.05) is 18.7 Å². The molecule has 6 nitrogen and oxygen atoms in total. The van der Waals surface area contributed by atoms with E-state index in [-0.39, 0.29) is 17.7 Å². The Morgan fingerprint density at radius 3 is 2.45 bits per heavy atom. The fourth-order valence-electron chi connectivity index (χ4n) is 5.49. The van der Waals surface area contributed by atoms with Crippen LogP contribution >= 0.6 is 0 Å². The van der Waals surface area contributed by atoms with Gasteiger partial charge in [0.15, 0.2) is 0 Å². The minimum atomic E-state index is -0.00894. The molecule has 2 amide bonds. The van der Waals surface area contributed by atoms with Gasteiger partial charge in [-0.05, 0) is 76.0 Å². The predicted molar refractivity (Wildman–Crippen MR) is 125 cm³/mol. The average Bonchev–Trinajstić information content (AvgIpc) is 2.84. The molecular formula is C25H48N2O4. The van der Waals surface area contributed by atoms with Crippen LogP contribution in [0.1, 0.15) is 86.0 Å². The van der Waals surface area contributed by atoms with Crippen LogP contribution in [0.5, 0.6) is 0 Å². The first-order valence-electron chi connectivity index (χ1n) is 12.6. The van der Waals surface area contributed by atoms with Crippen LogP contribution in [0.4, 0.5) is 4.79 Å². The van der Waals surface area contributed by atoms with Crippen LogP contribution in [0.2, 0.25) is 0 Å². The van der Waals surface area contributed by atoms with E-state index in [2.05, 4.69) is 31.4 Å². The van der Waals surface area contributed by atoms with E-state index in [0.29, 0.717) is 43.7 Å². The van der Waals surface area contributed by atoms with Gasteiger partial charge in [-0.15, -0.1) is 0 Å². The largest absolute Gasteiger partial charge is 0.379 e. The molecular weight excluding hydrogens is 392 g/mol. The highest BCUT2D eigenvalue weighted by molar-refractivity contribution is 5.74. The molecule has 0 aromatic carbocycles. The summed E-state index contributed by atoms with van der Waals surface area (Å²) >= 11 is 0. The summed E-state index contributed by atoms with van der Waals surface area (Å²) in [5.41, 5.74) is 0.371. The van der Waals surface area contributed by atoms with E-state index in [1.54, 1.807) is 0 Å². The van der Waals surface area contributed by atoms with Gasteiger partial charge in [0.1, 0.15) is 0 Å². The Morgan fingerprint density at radius 2 is 1.71 bits per heavy atom. The molecule has 2 N–H and O–H groups in total. The maximum absolute atomic E-state index is 12.6. The summed E-state index contributed by atoms with van der Waals surface area (Å²) < 4.78 is 16.5. The van der Waals surface area contributed by atoms with E-state index in [0.717, 1.165) is 51.7 Å². The van der Waals surface area contributed by atoms with Gasteiger partial charge in [0.05, 0.1) is 32.5 Å². The van der Waals surface area contributed by atoms with Gasteiger partial charge < -0.3 is 24.8 Å². The normalized spacial score (nSPS) is 30.4. The molecule has 2 fully saturated rings. The summed E-state index contributed by atoms with van der Waals surface area (Å²) in [5.74, 6) is 1.37. The van der Waals surface area contributed by atoms with Crippen LogP contribution in [0.25, 0.3) is 0 Å². The number of nitrogens with one attached hydrogen (secondary N) is 2. The summed E-state index contributed by atoms with van der Waals surface area (Å²) in [5, 5.41) is 6.48. The zero-order valence-electron chi connectivity index (χ0n) is 20.8. The monoisotopic (exact) mass is 440 g/mol. The van der Waals surface area contributed by atoms with E-state index in [1.807, 2.05) is 13.8 Å². The highest BCUT2D eigenvalue weighted by atomic mass is 16.5. The minimum absolute atomic E-state index is 0.00894. The third-order valence-electron chi connectivity index (χ3n) is 7.26. The van der Waals surface area contributed by atoms with Crippen LogP contribution in [-0.4, -0.2) is 57.3 Å². The lowest BCUT2D eigenvalue weighted by Gasteiger charge is -2.32. The second-order valence-corrected chi connectivity index (χ2v) is 10.7. The van der Waals surface area contributed by atoms with E-state index in [4.69, 9.17) is 14.2 Å². The lowest BCUT2D eigenvalue weighted by atomic mass is 9.76. The second kappa shape index (κ2) is 13.0.